The maximum absolute atomic E-state index is 13.5. The zero-order valence-electron chi connectivity index (χ0n) is 19.0. The van der Waals surface area contributed by atoms with E-state index in [4.69, 9.17) is 4.74 Å². The van der Waals surface area contributed by atoms with E-state index in [-0.39, 0.29) is 10.5 Å². The van der Waals surface area contributed by atoms with Crippen LogP contribution in [0.25, 0.3) is 0 Å². The van der Waals surface area contributed by atoms with Gasteiger partial charge < -0.3 is 10.1 Å². The third kappa shape index (κ3) is 5.23. The van der Waals surface area contributed by atoms with Gasteiger partial charge in [0, 0.05) is 5.69 Å². The largest absolute Gasteiger partial charge is 0.465 e. The summed E-state index contributed by atoms with van der Waals surface area (Å²) in [6.07, 6.45) is 0. The van der Waals surface area contributed by atoms with Crippen LogP contribution in [-0.2, 0) is 19.6 Å². The number of hydrogen-bond donors (Lipinski definition) is 1. The van der Waals surface area contributed by atoms with Crippen molar-refractivity contribution in [3.8, 4) is 0 Å². The van der Waals surface area contributed by atoms with Gasteiger partial charge in [-0.2, -0.15) is 0 Å². The number of carbonyl (C=O) groups is 2. The normalized spacial score (nSPS) is 11.0. The summed E-state index contributed by atoms with van der Waals surface area (Å²) in [5, 5.41) is 2.73. The number of nitrogens with one attached hydrogen (secondary N) is 1. The molecule has 0 saturated carbocycles. The third-order valence-electron chi connectivity index (χ3n) is 5.40. The number of amides is 1. The van der Waals surface area contributed by atoms with Gasteiger partial charge >= 0.3 is 5.97 Å². The molecule has 3 aromatic rings. The zero-order chi connectivity index (χ0) is 24.2. The first kappa shape index (κ1) is 24.0. The summed E-state index contributed by atoms with van der Waals surface area (Å²) in [7, 11) is -2.74. The molecule has 8 heteroatoms. The molecule has 0 aliphatic carbocycles. The molecule has 3 aromatic carbocycles. The van der Waals surface area contributed by atoms with Crippen molar-refractivity contribution in [3.63, 3.8) is 0 Å². The highest BCUT2D eigenvalue weighted by Gasteiger charge is 2.28. The van der Waals surface area contributed by atoms with Gasteiger partial charge in [-0.15, -0.1) is 0 Å². The van der Waals surface area contributed by atoms with Crippen molar-refractivity contribution in [3.05, 3.63) is 89.0 Å². The summed E-state index contributed by atoms with van der Waals surface area (Å²) in [6, 6.07) is 18.1. The maximum atomic E-state index is 13.5. The van der Waals surface area contributed by atoms with Crippen LogP contribution in [0.4, 0.5) is 11.4 Å². The lowest BCUT2D eigenvalue weighted by Crippen LogP contribution is -2.38. The Bertz CT molecular complexity index is 1290. The van der Waals surface area contributed by atoms with Gasteiger partial charge in [0.25, 0.3) is 10.0 Å². The first-order chi connectivity index (χ1) is 15.6. The van der Waals surface area contributed by atoms with Crippen molar-refractivity contribution in [2.75, 3.05) is 23.3 Å². The molecular weight excluding hydrogens is 440 g/mol. The quantitative estimate of drug-likeness (QED) is 0.526. The second-order valence-electron chi connectivity index (χ2n) is 7.61. The molecule has 1 amide bonds. The summed E-state index contributed by atoms with van der Waals surface area (Å²) in [4.78, 5) is 25.0. The average molecular weight is 467 g/mol. The van der Waals surface area contributed by atoms with E-state index in [1.807, 2.05) is 19.9 Å². The van der Waals surface area contributed by atoms with Gasteiger partial charge in [-0.05, 0) is 67.8 Å². The molecule has 0 atom stereocenters. The van der Waals surface area contributed by atoms with E-state index < -0.39 is 28.4 Å². The van der Waals surface area contributed by atoms with Crippen molar-refractivity contribution in [2.45, 2.75) is 25.7 Å². The molecule has 0 radical (unpaired) electrons. The number of nitrogens with zero attached hydrogens (tertiary/aromatic N) is 1. The van der Waals surface area contributed by atoms with Crippen LogP contribution in [-0.4, -0.2) is 33.9 Å². The molecule has 0 saturated heterocycles. The fourth-order valence-electron chi connectivity index (χ4n) is 3.35. The van der Waals surface area contributed by atoms with Gasteiger partial charge in [0.2, 0.25) is 5.91 Å². The highest BCUT2D eigenvalue weighted by molar-refractivity contribution is 7.92. The number of methoxy groups -OCH3 is 1. The van der Waals surface area contributed by atoms with Gasteiger partial charge in [-0.25, -0.2) is 13.2 Å². The van der Waals surface area contributed by atoms with Crippen LogP contribution < -0.4 is 9.62 Å². The average Bonchev–Trinajstić information content (AvgIpc) is 2.81. The van der Waals surface area contributed by atoms with Crippen LogP contribution in [0, 0.1) is 20.8 Å². The van der Waals surface area contributed by atoms with Gasteiger partial charge in [-0.3, -0.25) is 9.10 Å². The maximum Gasteiger partial charge on any atom is 0.337 e. The fourth-order valence-corrected chi connectivity index (χ4v) is 4.85. The van der Waals surface area contributed by atoms with E-state index in [1.54, 1.807) is 49.4 Å². The predicted molar refractivity (Wildman–Crippen MR) is 128 cm³/mol. The zero-order valence-corrected chi connectivity index (χ0v) is 19.8. The smallest absolute Gasteiger partial charge is 0.337 e. The number of carbonyl (C=O) groups excluding carboxylic acids is 2. The Kier molecular flexibility index (Phi) is 7.18. The Morgan fingerprint density at radius 3 is 2.27 bits per heavy atom. The lowest BCUT2D eigenvalue weighted by molar-refractivity contribution is -0.114. The molecule has 1 N–H and O–H groups in total. The highest BCUT2D eigenvalue weighted by Crippen LogP contribution is 2.29. The van der Waals surface area contributed by atoms with Crippen LogP contribution in [0.3, 0.4) is 0 Å². The molecule has 0 heterocycles. The SMILES string of the molecule is COC(=O)c1ccc(C)c(NC(=O)CN(c2cccc(C)c2C)S(=O)(=O)c2ccccc2)c1. The van der Waals surface area contributed by atoms with Crippen molar-refractivity contribution in [1.82, 2.24) is 0 Å². The summed E-state index contributed by atoms with van der Waals surface area (Å²) in [5.74, 6) is -1.07. The monoisotopic (exact) mass is 466 g/mol. The first-order valence-electron chi connectivity index (χ1n) is 10.3. The van der Waals surface area contributed by atoms with Gasteiger partial charge in [0.15, 0.2) is 0 Å². The molecule has 172 valence electrons. The lowest BCUT2D eigenvalue weighted by Gasteiger charge is -2.26. The Morgan fingerprint density at radius 1 is 0.909 bits per heavy atom. The minimum absolute atomic E-state index is 0.0857. The number of hydrogen-bond acceptors (Lipinski definition) is 5. The molecule has 0 fully saturated rings. The molecular formula is C25H26N2O5S. The van der Waals surface area contributed by atoms with Crippen LogP contribution >= 0.6 is 0 Å². The number of sulfonamides is 1. The van der Waals surface area contributed by atoms with Crippen molar-refractivity contribution >= 4 is 33.3 Å². The van der Waals surface area contributed by atoms with Crippen LogP contribution in [0.15, 0.2) is 71.6 Å². The van der Waals surface area contributed by atoms with Crippen LogP contribution in [0.2, 0.25) is 0 Å². The van der Waals surface area contributed by atoms with E-state index in [9.17, 15) is 18.0 Å². The van der Waals surface area contributed by atoms with Crippen LogP contribution in [0.5, 0.6) is 0 Å². The number of benzene rings is 3. The molecule has 33 heavy (non-hydrogen) atoms. The van der Waals surface area contributed by atoms with Crippen molar-refractivity contribution < 1.29 is 22.7 Å². The number of aryl methyl sites for hydroxylation is 2. The summed E-state index contributed by atoms with van der Waals surface area (Å²) in [6.45, 7) is 5.04. The van der Waals surface area contributed by atoms with E-state index in [2.05, 4.69) is 5.32 Å². The molecule has 0 unspecified atom stereocenters. The summed E-state index contributed by atoms with van der Waals surface area (Å²) in [5.41, 5.74) is 3.49. The topological polar surface area (TPSA) is 92.8 Å². The number of esters is 1. The minimum Gasteiger partial charge on any atom is -0.465 e. The van der Waals surface area contributed by atoms with Gasteiger partial charge in [-0.1, -0.05) is 36.4 Å². The number of rotatable bonds is 7. The first-order valence-corrected chi connectivity index (χ1v) is 11.7. The predicted octanol–water partition coefficient (Wildman–Crippen LogP) is 4.23. The molecule has 0 aromatic heterocycles. The minimum atomic E-state index is -4.02. The number of anilines is 2. The Balaban J connectivity index is 1.99. The highest BCUT2D eigenvalue weighted by atomic mass is 32.2. The molecule has 7 nitrogen and oxygen atoms in total. The van der Waals surface area contributed by atoms with Gasteiger partial charge in [0.1, 0.15) is 6.54 Å². The fraction of sp³-hybridized carbons (Fsp3) is 0.200. The second kappa shape index (κ2) is 9.87. The second-order valence-corrected chi connectivity index (χ2v) is 9.48. The Morgan fingerprint density at radius 2 is 1.61 bits per heavy atom. The summed E-state index contributed by atoms with van der Waals surface area (Å²) < 4.78 is 32.9. The molecule has 0 spiro atoms. The summed E-state index contributed by atoms with van der Waals surface area (Å²) >= 11 is 0. The van der Waals surface area contributed by atoms with Crippen LogP contribution in [0.1, 0.15) is 27.0 Å². The lowest BCUT2D eigenvalue weighted by atomic mass is 10.1. The molecule has 3 rings (SSSR count). The molecule has 0 aliphatic rings. The van der Waals surface area contributed by atoms with E-state index >= 15 is 0 Å². The number of ether oxygens (including phenoxy) is 1. The standard InChI is InChI=1S/C25H26N2O5S/c1-17-9-8-12-23(19(17)3)27(33(30,31)21-10-6-5-7-11-21)16-24(28)26-22-15-20(25(29)32-4)14-13-18(22)2/h5-15H,16H2,1-4H3,(H,26,28). The molecule has 0 bridgehead atoms. The Hall–Kier alpha value is -3.65. The molecule has 0 aliphatic heterocycles. The van der Waals surface area contributed by atoms with Crippen molar-refractivity contribution in [2.24, 2.45) is 0 Å². The van der Waals surface area contributed by atoms with E-state index in [0.29, 0.717) is 11.4 Å². The van der Waals surface area contributed by atoms with Crippen molar-refractivity contribution in [1.29, 1.82) is 0 Å². The third-order valence-corrected chi connectivity index (χ3v) is 7.17. The Labute approximate surface area is 194 Å². The van der Waals surface area contributed by atoms with Gasteiger partial charge in [0.05, 0.1) is 23.3 Å². The van der Waals surface area contributed by atoms with E-state index in [1.165, 1.54) is 25.3 Å². The van der Waals surface area contributed by atoms with E-state index in [0.717, 1.165) is 21.0 Å².